The summed E-state index contributed by atoms with van der Waals surface area (Å²) in [6, 6.07) is 12.2. The predicted molar refractivity (Wildman–Crippen MR) is 112 cm³/mol. The molecule has 1 saturated carbocycles. The minimum Gasteiger partial charge on any atom is -0.352 e. The molecule has 0 atom stereocenters. The lowest BCUT2D eigenvalue weighted by Crippen LogP contribution is -2.27. The first-order valence-corrected chi connectivity index (χ1v) is 10.3. The van der Waals surface area contributed by atoms with Gasteiger partial charge in [0.15, 0.2) is 5.65 Å². The van der Waals surface area contributed by atoms with Gasteiger partial charge in [-0.3, -0.25) is 4.79 Å². The maximum absolute atomic E-state index is 12.3. The highest BCUT2D eigenvalue weighted by molar-refractivity contribution is 5.94. The van der Waals surface area contributed by atoms with Gasteiger partial charge in [-0.25, -0.2) is 9.97 Å². The second-order valence-electron chi connectivity index (χ2n) is 8.12. The van der Waals surface area contributed by atoms with Crippen LogP contribution in [0.15, 0.2) is 42.6 Å². The average Bonchev–Trinajstić information content (AvgIpc) is 3.12. The molecule has 0 aliphatic heterocycles. The van der Waals surface area contributed by atoms with Crippen LogP contribution in [0, 0.1) is 5.92 Å². The van der Waals surface area contributed by atoms with Crippen LogP contribution in [0.5, 0.6) is 0 Å². The average molecular weight is 377 g/mol. The Morgan fingerprint density at radius 2 is 1.89 bits per heavy atom. The van der Waals surface area contributed by atoms with Crippen molar-refractivity contribution in [2.24, 2.45) is 5.92 Å². The normalized spacial score (nSPS) is 15.2. The Morgan fingerprint density at radius 3 is 2.61 bits per heavy atom. The van der Waals surface area contributed by atoms with Crippen LogP contribution in [0.2, 0.25) is 0 Å². The number of aromatic nitrogens is 3. The van der Waals surface area contributed by atoms with E-state index in [0.717, 1.165) is 22.6 Å². The number of pyridine rings is 1. The number of carbonyl (C=O) groups excluding carboxylic acids is 1. The zero-order valence-corrected chi connectivity index (χ0v) is 16.7. The number of nitrogens with one attached hydrogen (secondary N) is 1. The molecule has 2 heterocycles. The van der Waals surface area contributed by atoms with E-state index in [-0.39, 0.29) is 5.91 Å². The van der Waals surface area contributed by atoms with Gasteiger partial charge in [-0.2, -0.15) is 0 Å². The van der Waals surface area contributed by atoms with Crippen LogP contribution in [0.1, 0.15) is 62.4 Å². The third kappa shape index (κ3) is 3.79. The van der Waals surface area contributed by atoms with E-state index in [9.17, 15) is 4.79 Å². The summed E-state index contributed by atoms with van der Waals surface area (Å²) < 4.78 is 2.32. The minimum absolute atomic E-state index is 0.0253. The number of hydrogen-bond acceptors (Lipinski definition) is 3. The van der Waals surface area contributed by atoms with Crippen molar-refractivity contribution in [2.45, 2.75) is 52.0 Å². The molecule has 0 unspecified atom stereocenters. The Hall–Kier alpha value is -2.69. The van der Waals surface area contributed by atoms with Gasteiger partial charge in [0.1, 0.15) is 11.3 Å². The molecule has 1 aliphatic rings. The van der Waals surface area contributed by atoms with E-state index in [1.807, 2.05) is 42.6 Å². The van der Waals surface area contributed by atoms with Crippen LogP contribution in [0.3, 0.4) is 0 Å². The zero-order chi connectivity index (χ0) is 19.5. The molecule has 5 nitrogen and oxygen atoms in total. The first-order valence-electron chi connectivity index (χ1n) is 10.3. The summed E-state index contributed by atoms with van der Waals surface area (Å²) >= 11 is 0. The Morgan fingerprint density at radius 1 is 1.14 bits per heavy atom. The fourth-order valence-electron chi connectivity index (χ4n) is 3.99. The van der Waals surface area contributed by atoms with Gasteiger partial charge in [0.25, 0.3) is 5.91 Å². The standard InChI is InChI=1S/C23H28N4O/c1-16(2)15-25-23(28)18-12-10-17(11-13-18)21-26-20-9-6-14-24-22(20)27(21)19-7-4-3-5-8-19/h6,9-14,16,19H,3-5,7-8,15H2,1-2H3,(H,25,28). The van der Waals surface area contributed by atoms with E-state index in [4.69, 9.17) is 4.98 Å². The van der Waals surface area contributed by atoms with Crippen molar-refractivity contribution >= 4 is 17.1 Å². The molecule has 0 radical (unpaired) electrons. The number of amides is 1. The monoisotopic (exact) mass is 376 g/mol. The molecule has 0 bridgehead atoms. The SMILES string of the molecule is CC(C)CNC(=O)c1ccc(-c2nc3cccnc3n2C2CCCCC2)cc1. The van der Waals surface area contributed by atoms with Crippen molar-refractivity contribution in [3.8, 4) is 11.4 Å². The molecule has 1 amide bonds. The van der Waals surface area contributed by atoms with Crippen LogP contribution < -0.4 is 5.32 Å². The summed E-state index contributed by atoms with van der Waals surface area (Å²) in [5.74, 6) is 1.36. The number of rotatable bonds is 5. The molecule has 1 aromatic carbocycles. The maximum Gasteiger partial charge on any atom is 0.251 e. The van der Waals surface area contributed by atoms with E-state index >= 15 is 0 Å². The van der Waals surface area contributed by atoms with E-state index in [2.05, 4.69) is 28.7 Å². The first kappa shape index (κ1) is 18.7. The Balaban J connectivity index is 1.67. The number of imidazole rings is 1. The number of benzene rings is 1. The molecular weight excluding hydrogens is 348 g/mol. The second-order valence-corrected chi connectivity index (χ2v) is 8.12. The smallest absolute Gasteiger partial charge is 0.251 e. The van der Waals surface area contributed by atoms with E-state index in [0.29, 0.717) is 24.1 Å². The van der Waals surface area contributed by atoms with Crippen LogP contribution in [-0.4, -0.2) is 27.0 Å². The van der Waals surface area contributed by atoms with Gasteiger partial charge in [-0.15, -0.1) is 0 Å². The first-order chi connectivity index (χ1) is 13.6. The van der Waals surface area contributed by atoms with Crippen molar-refractivity contribution < 1.29 is 4.79 Å². The van der Waals surface area contributed by atoms with E-state index < -0.39 is 0 Å². The van der Waals surface area contributed by atoms with Crippen molar-refractivity contribution in [2.75, 3.05) is 6.54 Å². The molecule has 5 heteroatoms. The summed E-state index contributed by atoms with van der Waals surface area (Å²) in [5, 5.41) is 2.97. The molecular formula is C23H28N4O. The third-order valence-corrected chi connectivity index (χ3v) is 5.46. The Bertz CT molecular complexity index is 952. The highest BCUT2D eigenvalue weighted by Gasteiger charge is 2.23. The molecule has 1 aliphatic carbocycles. The van der Waals surface area contributed by atoms with Crippen LogP contribution in [-0.2, 0) is 0 Å². The largest absolute Gasteiger partial charge is 0.352 e. The van der Waals surface area contributed by atoms with Crippen molar-refractivity contribution in [1.29, 1.82) is 0 Å². The molecule has 28 heavy (non-hydrogen) atoms. The lowest BCUT2D eigenvalue weighted by molar-refractivity contribution is 0.0949. The predicted octanol–water partition coefficient (Wildman–Crippen LogP) is 4.99. The van der Waals surface area contributed by atoms with Crippen LogP contribution in [0.25, 0.3) is 22.6 Å². The molecule has 0 spiro atoms. The summed E-state index contributed by atoms with van der Waals surface area (Å²) in [6.07, 6.45) is 8.01. The Kier molecular flexibility index (Phi) is 5.42. The van der Waals surface area contributed by atoms with Crippen molar-refractivity contribution in [3.63, 3.8) is 0 Å². The third-order valence-electron chi connectivity index (χ3n) is 5.46. The molecule has 3 aromatic rings. The summed E-state index contributed by atoms with van der Waals surface area (Å²) in [6.45, 7) is 4.87. The number of fused-ring (bicyclic) bond motifs is 1. The van der Waals surface area contributed by atoms with Crippen molar-refractivity contribution in [1.82, 2.24) is 19.9 Å². The lowest BCUT2D eigenvalue weighted by atomic mass is 9.95. The van der Waals surface area contributed by atoms with E-state index in [1.165, 1.54) is 32.1 Å². The lowest BCUT2D eigenvalue weighted by Gasteiger charge is -2.25. The van der Waals surface area contributed by atoms with Crippen molar-refractivity contribution in [3.05, 3.63) is 48.2 Å². The van der Waals surface area contributed by atoms with Crippen LogP contribution >= 0.6 is 0 Å². The van der Waals surface area contributed by atoms with Gasteiger partial charge in [-0.05, 0) is 43.0 Å². The molecule has 146 valence electrons. The number of hydrogen-bond donors (Lipinski definition) is 1. The van der Waals surface area contributed by atoms with Gasteiger partial charge in [0.05, 0.1) is 0 Å². The van der Waals surface area contributed by atoms with Gasteiger partial charge in [0, 0.05) is 29.9 Å². The number of nitrogens with zero attached hydrogens (tertiary/aromatic N) is 3. The van der Waals surface area contributed by atoms with Gasteiger partial charge in [-0.1, -0.05) is 45.2 Å². The van der Waals surface area contributed by atoms with Gasteiger partial charge < -0.3 is 9.88 Å². The molecule has 0 saturated heterocycles. The van der Waals surface area contributed by atoms with E-state index in [1.54, 1.807) is 0 Å². The highest BCUT2D eigenvalue weighted by Crippen LogP contribution is 2.35. The molecule has 1 N–H and O–H groups in total. The molecule has 1 fully saturated rings. The van der Waals surface area contributed by atoms with Crippen LogP contribution in [0.4, 0.5) is 0 Å². The number of carbonyl (C=O) groups is 1. The maximum atomic E-state index is 12.3. The molecule has 4 rings (SSSR count). The minimum atomic E-state index is -0.0253. The van der Waals surface area contributed by atoms with Gasteiger partial charge in [0.2, 0.25) is 0 Å². The Labute approximate surface area is 166 Å². The fraction of sp³-hybridized carbons (Fsp3) is 0.435. The topological polar surface area (TPSA) is 59.8 Å². The summed E-state index contributed by atoms with van der Waals surface area (Å²) in [7, 11) is 0. The zero-order valence-electron chi connectivity index (χ0n) is 16.7. The van der Waals surface area contributed by atoms with Gasteiger partial charge >= 0.3 is 0 Å². The fourth-order valence-corrected chi connectivity index (χ4v) is 3.99. The molecule has 2 aromatic heterocycles. The highest BCUT2D eigenvalue weighted by atomic mass is 16.1. The quantitative estimate of drug-likeness (QED) is 0.682. The second kappa shape index (κ2) is 8.13. The summed E-state index contributed by atoms with van der Waals surface area (Å²) in [5.41, 5.74) is 3.61. The summed E-state index contributed by atoms with van der Waals surface area (Å²) in [4.78, 5) is 21.8.